The van der Waals surface area contributed by atoms with Crippen molar-refractivity contribution in [3.05, 3.63) is 21.9 Å². The van der Waals surface area contributed by atoms with E-state index in [2.05, 4.69) is 18.3 Å². The summed E-state index contributed by atoms with van der Waals surface area (Å²) in [5.41, 5.74) is 0. The van der Waals surface area contributed by atoms with E-state index < -0.39 is 0 Å². The van der Waals surface area contributed by atoms with Crippen LogP contribution in [-0.2, 0) is 6.54 Å². The van der Waals surface area contributed by atoms with Gasteiger partial charge in [0.1, 0.15) is 10.9 Å². The van der Waals surface area contributed by atoms with Gasteiger partial charge < -0.3 is 10.4 Å². The monoisotopic (exact) mass is 238 g/mol. The molecule has 1 heterocycles. The van der Waals surface area contributed by atoms with E-state index >= 15 is 0 Å². The van der Waals surface area contributed by atoms with Crippen LogP contribution in [0.5, 0.6) is 0 Å². The molecule has 0 saturated carbocycles. The number of rotatable bonds is 6. The molecular formula is C12H18N2OS. The fourth-order valence-electron chi connectivity index (χ4n) is 1.64. The first-order chi connectivity index (χ1) is 7.61. The predicted octanol–water partition coefficient (Wildman–Crippen LogP) is 2.12. The fourth-order valence-corrected chi connectivity index (χ4v) is 2.41. The third-order valence-corrected chi connectivity index (χ3v) is 3.30. The molecule has 88 valence electrons. The standard InChI is InChI=1S/C12H18N2OS/c1-9(5-10(2)15)7-14-8-12-4-3-11(6-13)16-12/h3-4,9-10,14-15H,5,7-8H2,1-2H3. The van der Waals surface area contributed by atoms with Gasteiger partial charge >= 0.3 is 0 Å². The van der Waals surface area contributed by atoms with Gasteiger partial charge in [-0.15, -0.1) is 11.3 Å². The molecule has 0 radical (unpaired) electrons. The molecule has 2 N–H and O–H groups in total. The molecule has 0 bridgehead atoms. The van der Waals surface area contributed by atoms with Crippen LogP contribution in [0.25, 0.3) is 0 Å². The van der Waals surface area contributed by atoms with Crippen molar-refractivity contribution >= 4 is 11.3 Å². The van der Waals surface area contributed by atoms with E-state index in [-0.39, 0.29) is 6.10 Å². The van der Waals surface area contributed by atoms with Crippen molar-refractivity contribution in [2.75, 3.05) is 6.54 Å². The summed E-state index contributed by atoms with van der Waals surface area (Å²) in [7, 11) is 0. The van der Waals surface area contributed by atoms with E-state index in [9.17, 15) is 5.11 Å². The zero-order valence-electron chi connectivity index (χ0n) is 9.73. The number of aliphatic hydroxyl groups excluding tert-OH is 1. The third-order valence-electron chi connectivity index (χ3n) is 2.31. The molecule has 2 unspecified atom stereocenters. The zero-order valence-corrected chi connectivity index (χ0v) is 10.5. The van der Waals surface area contributed by atoms with Gasteiger partial charge in [0.25, 0.3) is 0 Å². The summed E-state index contributed by atoms with van der Waals surface area (Å²) in [5, 5.41) is 21.2. The number of nitrogens with zero attached hydrogens (tertiary/aromatic N) is 1. The van der Waals surface area contributed by atoms with Crippen LogP contribution in [0.4, 0.5) is 0 Å². The second-order valence-electron chi connectivity index (χ2n) is 4.20. The zero-order chi connectivity index (χ0) is 12.0. The van der Waals surface area contributed by atoms with Gasteiger partial charge in [0.15, 0.2) is 0 Å². The molecule has 0 fully saturated rings. The highest BCUT2D eigenvalue weighted by atomic mass is 32.1. The van der Waals surface area contributed by atoms with Gasteiger partial charge in [-0.3, -0.25) is 0 Å². The average molecular weight is 238 g/mol. The lowest BCUT2D eigenvalue weighted by atomic mass is 10.1. The smallest absolute Gasteiger partial charge is 0.110 e. The first kappa shape index (κ1) is 13.2. The maximum atomic E-state index is 9.21. The highest BCUT2D eigenvalue weighted by Crippen LogP contribution is 2.15. The molecule has 3 nitrogen and oxygen atoms in total. The number of hydrogen-bond acceptors (Lipinski definition) is 4. The lowest BCUT2D eigenvalue weighted by Gasteiger charge is -2.13. The van der Waals surface area contributed by atoms with E-state index in [4.69, 9.17) is 5.26 Å². The van der Waals surface area contributed by atoms with Gasteiger partial charge in [0, 0.05) is 11.4 Å². The molecule has 0 saturated heterocycles. The molecule has 0 aliphatic carbocycles. The fraction of sp³-hybridized carbons (Fsp3) is 0.583. The van der Waals surface area contributed by atoms with Crippen molar-refractivity contribution in [2.45, 2.75) is 32.9 Å². The topological polar surface area (TPSA) is 56.0 Å². The number of nitriles is 1. The summed E-state index contributed by atoms with van der Waals surface area (Å²) in [6, 6.07) is 5.96. The average Bonchev–Trinajstić information content (AvgIpc) is 2.64. The largest absolute Gasteiger partial charge is 0.393 e. The number of aliphatic hydroxyl groups is 1. The Morgan fingerprint density at radius 3 is 2.81 bits per heavy atom. The van der Waals surface area contributed by atoms with Crippen LogP contribution in [0, 0.1) is 17.2 Å². The molecule has 1 aromatic rings. The SMILES string of the molecule is CC(O)CC(C)CNCc1ccc(C#N)s1. The van der Waals surface area contributed by atoms with E-state index in [0.29, 0.717) is 5.92 Å². The van der Waals surface area contributed by atoms with Crippen LogP contribution in [0.2, 0.25) is 0 Å². The molecule has 0 spiro atoms. The third kappa shape index (κ3) is 4.75. The van der Waals surface area contributed by atoms with Crippen LogP contribution in [0.3, 0.4) is 0 Å². The molecule has 1 aromatic heterocycles. The van der Waals surface area contributed by atoms with Crippen molar-refractivity contribution in [3.8, 4) is 6.07 Å². The normalized spacial score (nSPS) is 14.4. The van der Waals surface area contributed by atoms with Gasteiger partial charge in [0.2, 0.25) is 0 Å². The molecule has 16 heavy (non-hydrogen) atoms. The van der Waals surface area contributed by atoms with E-state index in [1.165, 1.54) is 16.2 Å². The Balaban J connectivity index is 2.23. The maximum absolute atomic E-state index is 9.21. The molecule has 0 aliphatic rings. The van der Waals surface area contributed by atoms with E-state index in [0.717, 1.165) is 24.4 Å². The van der Waals surface area contributed by atoms with Crippen LogP contribution in [0.1, 0.15) is 30.0 Å². The van der Waals surface area contributed by atoms with Crippen LogP contribution >= 0.6 is 11.3 Å². The van der Waals surface area contributed by atoms with Crippen molar-refractivity contribution < 1.29 is 5.11 Å². The van der Waals surface area contributed by atoms with Gasteiger partial charge in [-0.2, -0.15) is 5.26 Å². The van der Waals surface area contributed by atoms with E-state index in [1.807, 2.05) is 19.1 Å². The number of hydrogen-bond donors (Lipinski definition) is 2. The Morgan fingerprint density at radius 2 is 2.25 bits per heavy atom. The summed E-state index contributed by atoms with van der Waals surface area (Å²) >= 11 is 1.53. The minimum Gasteiger partial charge on any atom is -0.393 e. The lowest BCUT2D eigenvalue weighted by Crippen LogP contribution is -2.22. The Morgan fingerprint density at radius 1 is 1.50 bits per heavy atom. The summed E-state index contributed by atoms with van der Waals surface area (Å²) in [4.78, 5) is 1.94. The minimum atomic E-state index is -0.233. The van der Waals surface area contributed by atoms with Crippen LogP contribution in [0.15, 0.2) is 12.1 Å². The summed E-state index contributed by atoms with van der Waals surface area (Å²) < 4.78 is 0. The minimum absolute atomic E-state index is 0.233. The number of nitrogens with one attached hydrogen (secondary N) is 1. The summed E-state index contributed by atoms with van der Waals surface area (Å²) in [6.07, 6.45) is 0.588. The highest BCUT2D eigenvalue weighted by Gasteiger charge is 2.06. The quantitative estimate of drug-likeness (QED) is 0.798. The van der Waals surface area contributed by atoms with Crippen molar-refractivity contribution in [3.63, 3.8) is 0 Å². The Kier molecular flexibility index (Phi) is 5.47. The highest BCUT2D eigenvalue weighted by molar-refractivity contribution is 7.12. The van der Waals surface area contributed by atoms with Crippen molar-refractivity contribution in [1.82, 2.24) is 5.32 Å². The Hall–Kier alpha value is -0.890. The van der Waals surface area contributed by atoms with Crippen molar-refractivity contribution in [2.24, 2.45) is 5.92 Å². The summed E-state index contributed by atoms with van der Waals surface area (Å²) in [5.74, 6) is 0.468. The Bertz CT molecular complexity index is 354. The molecule has 4 heteroatoms. The first-order valence-corrected chi connectivity index (χ1v) is 6.31. The molecular weight excluding hydrogens is 220 g/mol. The molecule has 2 atom stereocenters. The van der Waals surface area contributed by atoms with Crippen LogP contribution < -0.4 is 5.32 Å². The first-order valence-electron chi connectivity index (χ1n) is 5.49. The Labute approximate surface area is 101 Å². The maximum Gasteiger partial charge on any atom is 0.110 e. The summed E-state index contributed by atoms with van der Waals surface area (Å²) in [6.45, 7) is 5.63. The predicted molar refractivity (Wildman–Crippen MR) is 66.2 cm³/mol. The van der Waals surface area contributed by atoms with E-state index in [1.54, 1.807) is 0 Å². The second-order valence-corrected chi connectivity index (χ2v) is 5.37. The van der Waals surface area contributed by atoms with Gasteiger partial charge in [0.05, 0.1) is 6.10 Å². The molecule has 0 aromatic carbocycles. The van der Waals surface area contributed by atoms with Gasteiger partial charge in [-0.25, -0.2) is 0 Å². The van der Waals surface area contributed by atoms with Crippen molar-refractivity contribution in [1.29, 1.82) is 5.26 Å². The second kappa shape index (κ2) is 6.64. The lowest BCUT2D eigenvalue weighted by molar-refractivity contribution is 0.163. The number of thiophene rings is 1. The van der Waals surface area contributed by atoms with Gasteiger partial charge in [-0.05, 0) is 37.9 Å². The molecule has 0 amide bonds. The van der Waals surface area contributed by atoms with Gasteiger partial charge in [-0.1, -0.05) is 6.92 Å². The molecule has 1 rings (SSSR count). The molecule has 0 aliphatic heterocycles. The van der Waals surface area contributed by atoms with Crippen LogP contribution in [-0.4, -0.2) is 17.8 Å².